The van der Waals surface area contributed by atoms with E-state index in [2.05, 4.69) is 37.0 Å². The van der Waals surface area contributed by atoms with Crippen molar-refractivity contribution < 1.29 is 27.5 Å². The predicted octanol–water partition coefficient (Wildman–Crippen LogP) is 3.63. The number of nitrogens with zero attached hydrogens (tertiary/aromatic N) is 6. The summed E-state index contributed by atoms with van der Waals surface area (Å²) in [5.41, 5.74) is -1.53. The van der Waals surface area contributed by atoms with Crippen LogP contribution in [-0.2, 0) is 16.6 Å². The van der Waals surface area contributed by atoms with E-state index in [1.54, 1.807) is 0 Å². The Kier molecular flexibility index (Phi) is 5.58. The Balaban J connectivity index is 1.28. The maximum atomic E-state index is 15.0. The van der Waals surface area contributed by atoms with E-state index >= 15 is 0 Å². The van der Waals surface area contributed by atoms with Gasteiger partial charge in [-0.2, -0.15) is 9.65 Å². The number of carbonyl (C=O) groups excluding carboxylic acids is 2. The van der Waals surface area contributed by atoms with Crippen LogP contribution in [0.25, 0.3) is 11.4 Å². The fourth-order valence-corrected chi connectivity index (χ4v) is 4.82. The average Bonchev–Trinajstić information content (AvgIpc) is 3.13. The van der Waals surface area contributed by atoms with Gasteiger partial charge in [0.25, 0.3) is 0 Å². The second-order valence-electron chi connectivity index (χ2n) is 9.33. The molecule has 3 fully saturated rings. The molecular formula is C23H19F3N8O3. The van der Waals surface area contributed by atoms with Crippen LogP contribution < -0.4 is 10.6 Å². The van der Waals surface area contributed by atoms with E-state index in [1.165, 1.54) is 20.2 Å². The highest BCUT2D eigenvalue weighted by Gasteiger charge is 2.72. The molecule has 3 saturated carbocycles. The summed E-state index contributed by atoms with van der Waals surface area (Å²) in [6.45, 7) is 1.32. The van der Waals surface area contributed by atoms with Gasteiger partial charge >= 0.3 is 6.09 Å². The summed E-state index contributed by atoms with van der Waals surface area (Å²) in [5, 5.41) is 21.7. The highest BCUT2D eigenvalue weighted by Crippen LogP contribution is 2.73. The third kappa shape index (κ3) is 4.11. The molecule has 3 aliphatic carbocycles. The largest absolute Gasteiger partial charge is 0.441 e. The molecule has 0 spiro atoms. The van der Waals surface area contributed by atoms with Crippen LogP contribution >= 0.6 is 0 Å². The number of nitriles is 1. The Bertz CT molecular complexity index is 1460. The molecular weight excluding hydrogens is 493 g/mol. The van der Waals surface area contributed by atoms with Crippen molar-refractivity contribution in [3.8, 4) is 17.5 Å². The molecule has 2 amide bonds. The predicted molar refractivity (Wildman–Crippen MR) is 120 cm³/mol. The molecule has 0 unspecified atom stereocenters. The molecule has 14 heteroatoms. The van der Waals surface area contributed by atoms with Gasteiger partial charge < -0.3 is 10.1 Å². The van der Waals surface area contributed by atoms with E-state index in [0.29, 0.717) is 25.5 Å². The molecule has 37 heavy (non-hydrogen) atoms. The summed E-state index contributed by atoms with van der Waals surface area (Å²) in [6.07, 6.45) is 1.12. The number of ether oxygens (including phenoxy) is 1. The number of aryl methyl sites for hydroxylation is 1. The lowest BCUT2D eigenvalue weighted by Gasteiger charge is -2.65. The quantitative estimate of drug-likeness (QED) is 0.476. The molecule has 3 aromatic heterocycles. The Morgan fingerprint density at radius 1 is 1.14 bits per heavy atom. The number of rotatable bonds is 6. The van der Waals surface area contributed by atoms with Crippen LogP contribution in [0.4, 0.5) is 29.5 Å². The van der Waals surface area contributed by atoms with Gasteiger partial charge in [-0.15, -0.1) is 5.10 Å². The van der Waals surface area contributed by atoms with Crippen molar-refractivity contribution in [1.29, 1.82) is 5.26 Å². The maximum absolute atomic E-state index is 15.0. The lowest BCUT2D eigenvalue weighted by molar-refractivity contribution is -0.179. The van der Waals surface area contributed by atoms with Crippen molar-refractivity contribution in [1.82, 2.24) is 25.0 Å². The number of nitrogens with one attached hydrogen (secondary N) is 2. The van der Waals surface area contributed by atoms with Crippen molar-refractivity contribution >= 4 is 23.5 Å². The molecule has 0 aromatic carbocycles. The molecule has 1 atom stereocenters. The number of carbonyl (C=O) groups is 2. The summed E-state index contributed by atoms with van der Waals surface area (Å²) < 4.78 is 48.5. The minimum atomic E-state index is -1.20. The van der Waals surface area contributed by atoms with Gasteiger partial charge in [-0.25, -0.2) is 28.2 Å². The van der Waals surface area contributed by atoms with E-state index in [4.69, 9.17) is 10.00 Å². The fraction of sp³-hybridized carbons (Fsp3) is 0.348. The van der Waals surface area contributed by atoms with E-state index in [0.717, 1.165) is 16.8 Å². The zero-order chi connectivity index (χ0) is 26.5. The Morgan fingerprint density at radius 3 is 2.54 bits per heavy atom. The highest BCUT2D eigenvalue weighted by atomic mass is 19.1. The smallest absolute Gasteiger partial charge is 0.413 e. The van der Waals surface area contributed by atoms with Crippen LogP contribution in [-0.4, -0.2) is 37.0 Å². The van der Waals surface area contributed by atoms with Crippen LogP contribution in [0.15, 0.2) is 24.5 Å². The Labute approximate surface area is 207 Å². The van der Waals surface area contributed by atoms with Crippen LogP contribution in [0.3, 0.4) is 0 Å². The van der Waals surface area contributed by atoms with Crippen molar-refractivity contribution in [3.05, 3.63) is 47.7 Å². The average molecular weight is 512 g/mol. The molecule has 0 aliphatic heterocycles. The van der Waals surface area contributed by atoms with Crippen molar-refractivity contribution in [2.75, 3.05) is 10.6 Å². The molecule has 0 radical (unpaired) electrons. The van der Waals surface area contributed by atoms with Crippen LogP contribution in [0, 0.1) is 39.7 Å². The van der Waals surface area contributed by atoms with Gasteiger partial charge in [0, 0.05) is 13.1 Å². The first kappa shape index (κ1) is 24.2. The Hall–Kier alpha value is -4.54. The minimum Gasteiger partial charge on any atom is -0.441 e. The van der Waals surface area contributed by atoms with Crippen LogP contribution in [0.2, 0.25) is 0 Å². The number of amides is 2. The van der Waals surface area contributed by atoms with Gasteiger partial charge in [-0.05, 0) is 32.3 Å². The van der Waals surface area contributed by atoms with E-state index in [9.17, 15) is 22.8 Å². The number of anilines is 2. The molecule has 190 valence electrons. The number of pyridine rings is 2. The molecule has 2 N–H and O–H groups in total. The molecule has 3 aliphatic rings. The number of hydrogen-bond acceptors (Lipinski definition) is 8. The van der Waals surface area contributed by atoms with Crippen molar-refractivity contribution in [2.24, 2.45) is 17.9 Å². The normalized spacial score (nSPS) is 22.2. The van der Waals surface area contributed by atoms with Gasteiger partial charge in [0.15, 0.2) is 17.3 Å². The second-order valence-corrected chi connectivity index (χ2v) is 9.33. The van der Waals surface area contributed by atoms with Crippen LogP contribution in [0.1, 0.15) is 37.9 Å². The number of halogens is 3. The van der Waals surface area contributed by atoms with E-state index < -0.39 is 40.6 Å². The summed E-state index contributed by atoms with van der Waals surface area (Å²) in [4.78, 5) is 32.3. The summed E-state index contributed by atoms with van der Waals surface area (Å²) in [7, 11) is 1.43. The minimum absolute atomic E-state index is 0.0751. The first-order valence-corrected chi connectivity index (χ1v) is 11.1. The highest BCUT2D eigenvalue weighted by molar-refractivity contribution is 5.98. The zero-order valence-corrected chi connectivity index (χ0v) is 19.5. The molecule has 3 heterocycles. The molecule has 0 saturated heterocycles. The van der Waals surface area contributed by atoms with Gasteiger partial charge in [-0.3, -0.25) is 10.1 Å². The van der Waals surface area contributed by atoms with Crippen molar-refractivity contribution in [2.45, 2.75) is 32.3 Å². The lowest BCUT2D eigenvalue weighted by atomic mass is 9.35. The topological polar surface area (TPSA) is 148 Å². The van der Waals surface area contributed by atoms with Crippen molar-refractivity contribution in [3.63, 3.8) is 0 Å². The third-order valence-electron chi connectivity index (χ3n) is 6.67. The Morgan fingerprint density at radius 2 is 1.86 bits per heavy atom. The zero-order valence-electron chi connectivity index (χ0n) is 19.5. The van der Waals surface area contributed by atoms with Gasteiger partial charge in [0.05, 0.1) is 40.5 Å². The van der Waals surface area contributed by atoms with Crippen LogP contribution in [0.5, 0.6) is 0 Å². The molecule has 6 rings (SSSR count). The first-order chi connectivity index (χ1) is 17.5. The van der Waals surface area contributed by atoms with Gasteiger partial charge in [-0.1, -0.05) is 5.21 Å². The molecule has 2 bridgehead atoms. The van der Waals surface area contributed by atoms with E-state index in [-0.39, 0.29) is 34.4 Å². The number of aromatic nitrogens is 5. The monoisotopic (exact) mass is 512 g/mol. The fourth-order valence-electron chi connectivity index (χ4n) is 4.82. The van der Waals surface area contributed by atoms with Gasteiger partial charge in [0.2, 0.25) is 11.9 Å². The standard InChI is InChI=1S/C23H19F3N8O3/c1-11(14-3-12(24)5-29-18(14)26)37-21(36)31-19-17(32-33-34(19)2)16-15(25)4-13(6-28-16)30-20(35)23-7-22(8-23,9-23)10-27/h3-6,11H,7-9H2,1-2H3,(H,30,35)(H,31,36)/t11-,22?,23?/m1/s1. The summed E-state index contributed by atoms with van der Waals surface area (Å²) >= 11 is 0. The summed E-state index contributed by atoms with van der Waals surface area (Å²) in [6, 6.07) is 4.14. The van der Waals surface area contributed by atoms with Gasteiger partial charge in [0.1, 0.15) is 17.6 Å². The molecule has 3 aromatic rings. The third-order valence-corrected chi connectivity index (χ3v) is 6.67. The summed E-state index contributed by atoms with van der Waals surface area (Å²) in [5.74, 6) is -3.01. The molecule has 11 nitrogen and oxygen atoms in total. The second kappa shape index (κ2) is 8.54. The first-order valence-electron chi connectivity index (χ1n) is 11.1. The SMILES string of the molecule is C[C@@H](OC(=O)Nc1c(-c2ncc(NC(=O)C34CC(C#N)(C3)C4)cc2F)nnn1C)c1cc(F)cnc1F. The van der Waals surface area contributed by atoms with E-state index in [1.807, 2.05) is 0 Å². The maximum Gasteiger partial charge on any atom is 0.413 e. The number of hydrogen-bond donors (Lipinski definition) is 2. The lowest BCUT2D eigenvalue weighted by Crippen LogP contribution is -2.65.